The van der Waals surface area contributed by atoms with Crippen molar-refractivity contribution in [1.82, 2.24) is 24.4 Å². The topological polar surface area (TPSA) is 123 Å². The van der Waals surface area contributed by atoms with Gasteiger partial charge in [-0.15, -0.1) is 0 Å². The molecule has 0 unspecified atom stereocenters. The quantitative estimate of drug-likeness (QED) is 0.364. The van der Waals surface area contributed by atoms with Gasteiger partial charge in [-0.05, 0) is 56.9 Å². The lowest BCUT2D eigenvalue weighted by molar-refractivity contribution is -0.137. The summed E-state index contributed by atoms with van der Waals surface area (Å²) in [5.74, 6) is 1.50. The van der Waals surface area contributed by atoms with Gasteiger partial charge in [-0.1, -0.05) is 43.2 Å². The molecule has 1 aromatic carbocycles. The zero-order valence-electron chi connectivity index (χ0n) is 23.3. The van der Waals surface area contributed by atoms with E-state index in [1.54, 1.807) is 0 Å². The third-order valence-corrected chi connectivity index (χ3v) is 8.77. The second-order valence-corrected chi connectivity index (χ2v) is 11.7. The van der Waals surface area contributed by atoms with Crippen molar-refractivity contribution < 1.29 is 9.53 Å². The van der Waals surface area contributed by atoms with E-state index in [0.717, 1.165) is 61.1 Å². The summed E-state index contributed by atoms with van der Waals surface area (Å²) in [7, 11) is 0. The monoisotopic (exact) mass is 546 g/mol. The minimum absolute atomic E-state index is 0.0489. The lowest BCUT2D eigenvalue weighted by Gasteiger charge is -2.32. The van der Waals surface area contributed by atoms with Gasteiger partial charge < -0.3 is 30.6 Å². The number of amides is 1. The molecule has 1 aliphatic heterocycles. The first kappa shape index (κ1) is 27.0. The van der Waals surface area contributed by atoms with Crippen molar-refractivity contribution in [2.45, 2.75) is 95.0 Å². The third kappa shape index (κ3) is 6.39. The summed E-state index contributed by atoms with van der Waals surface area (Å²) in [5.41, 5.74) is 8.94. The molecule has 0 bridgehead atoms. The summed E-state index contributed by atoms with van der Waals surface area (Å²) < 4.78 is 7.94. The Bertz CT molecular complexity index is 1260. The molecule has 214 valence electrons. The average molecular weight is 547 g/mol. The van der Waals surface area contributed by atoms with Gasteiger partial charge in [0.2, 0.25) is 11.9 Å². The molecule has 10 heteroatoms. The Morgan fingerprint density at radius 2 is 1.65 bits per heavy atom. The number of imidazole rings is 1. The number of ether oxygens (including phenoxy) is 1. The molecule has 0 radical (unpaired) electrons. The van der Waals surface area contributed by atoms with Crippen molar-refractivity contribution in [3.05, 3.63) is 42.2 Å². The van der Waals surface area contributed by atoms with Crippen LogP contribution in [0.2, 0.25) is 0 Å². The van der Waals surface area contributed by atoms with Crippen LogP contribution in [0.15, 0.2) is 36.7 Å². The van der Waals surface area contributed by atoms with Gasteiger partial charge in [-0.3, -0.25) is 4.79 Å². The molecule has 3 heterocycles. The van der Waals surface area contributed by atoms with E-state index in [-0.39, 0.29) is 18.6 Å². The fraction of sp³-hybridized carbons (Fsp3) is 0.600. The Hall–Kier alpha value is -3.24. The van der Waals surface area contributed by atoms with Crippen LogP contribution in [0.25, 0.3) is 11.2 Å². The van der Waals surface area contributed by atoms with Gasteiger partial charge in [-0.2, -0.15) is 9.97 Å². The molecule has 2 aromatic heterocycles. The fourth-order valence-electron chi connectivity index (χ4n) is 6.37. The minimum Gasteiger partial charge on any atom is -0.367 e. The molecule has 1 amide bonds. The van der Waals surface area contributed by atoms with Crippen molar-refractivity contribution in [3.63, 3.8) is 0 Å². The Kier molecular flexibility index (Phi) is 8.43. The van der Waals surface area contributed by atoms with Crippen molar-refractivity contribution in [1.29, 1.82) is 0 Å². The van der Waals surface area contributed by atoms with E-state index in [9.17, 15) is 4.79 Å². The highest BCUT2D eigenvalue weighted by Crippen LogP contribution is 2.34. The predicted molar refractivity (Wildman–Crippen MR) is 156 cm³/mol. The highest BCUT2D eigenvalue weighted by atomic mass is 16.5. The standard InChI is InChI=1S/C30H42N8O2/c31-22-10-12-23(13-11-22)34-30-35-28(27-29(36-30)38(20-32-27)25-8-4-5-9-25)33-24-14-16-37(17-15-24)26(39)19-40-18-21-6-2-1-3-7-21/h1-3,6-7,20,22-25H,4-5,8-19,31H2,(H2,33,34,35,36). The summed E-state index contributed by atoms with van der Waals surface area (Å²) in [5, 5.41) is 7.29. The molecule has 4 N–H and O–H groups in total. The zero-order chi connectivity index (χ0) is 27.3. The second kappa shape index (κ2) is 12.5. The number of nitrogens with zero attached hydrogens (tertiary/aromatic N) is 5. The average Bonchev–Trinajstić information content (AvgIpc) is 3.66. The third-order valence-electron chi connectivity index (χ3n) is 8.77. The fourth-order valence-corrected chi connectivity index (χ4v) is 6.37. The largest absolute Gasteiger partial charge is 0.367 e. The van der Waals surface area contributed by atoms with E-state index in [4.69, 9.17) is 25.4 Å². The number of carbonyl (C=O) groups excluding carboxylic acids is 1. The van der Waals surface area contributed by atoms with Crippen LogP contribution in [-0.2, 0) is 16.1 Å². The lowest BCUT2D eigenvalue weighted by Crippen LogP contribution is -2.44. The summed E-state index contributed by atoms with van der Waals surface area (Å²) >= 11 is 0. The zero-order valence-corrected chi connectivity index (χ0v) is 23.3. The number of piperidine rings is 1. The van der Waals surface area contributed by atoms with Gasteiger partial charge in [0.25, 0.3) is 0 Å². The van der Waals surface area contributed by atoms with Gasteiger partial charge >= 0.3 is 0 Å². The Morgan fingerprint density at radius 3 is 2.40 bits per heavy atom. The molecule has 0 spiro atoms. The first-order valence-corrected chi connectivity index (χ1v) is 15.0. The number of carbonyl (C=O) groups is 1. The normalized spacial score (nSPS) is 22.6. The first-order chi connectivity index (χ1) is 19.6. The van der Waals surface area contributed by atoms with Gasteiger partial charge in [0, 0.05) is 37.3 Å². The summed E-state index contributed by atoms with van der Waals surface area (Å²) in [6, 6.07) is 11.3. The number of likely N-dealkylation sites (tertiary alicyclic amines) is 1. The Labute approximate surface area is 236 Å². The summed E-state index contributed by atoms with van der Waals surface area (Å²) in [4.78, 5) is 29.3. The van der Waals surface area contributed by atoms with E-state index in [2.05, 4.69) is 15.2 Å². The molecule has 1 saturated heterocycles. The lowest BCUT2D eigenvalue weighted by atomic mass is 9.92. The smallest absolute Gasteiger partial charge is 0.248 e. The molecule has 3 aromatic rings. The number of benzene rings is 1. The number of nitrogens with one attached hydrogen (secondary N) is 2. The molecule has 40 heavy (non-hydrogen) atoms. The van der Waals surface area contributed by atoms with Crippen LogP contribution in [0.1, 0.15) is 75.8 Å². The van der Waals surface area contributed by atoms with E-state index in [1.807, 2.05) is 41.6 Å². The molecular weight excluding hydrogens is 504 g/mol. The SMILES string of the molecule is NC1CCC(Nc2nc(NC3CCN(C(=O)COCc4ccccc4)CC3)c3ncn(C4CCCC4)c3n2)CC1. The number of rotatable bonds is 9. The number of hydrogen-bond acceptors (Lipinski definition) is 8. The molecule has 3 fully saturated rings. The van der Waals surface area contributed by atoms with Crippen LogP contribution < -0.4 is 16.4 Å². The van der Waals surface area contributed by atoms with Crippen LogP contribution in [-0.4, -0.2) is 68.1 Å². The van der Waals surface area contributed by atoms with E-state index in [0.29, 0.717) is 43.8 Å². The molecule has 6 rings (SSSR count). The van der Waals surface area contributed by atoms with Crippen LogP contribution in [0, 0.1) is 0 Å². The van der Waals surface area contributed by atoms with E-state index < -0.39 is 0 Å². The molecular formula is C30H42N8O2. The number of nitrogens with two attached hydrogens (primary N) is 1. The number of anilines is 2. The van der Waals surface area contributed by atoms with Gasteiger partial charge in [-0.25, -0.2) is 4.98 Å². The highest BCUT2D eigenvalue weighted by Gasteiger charge is 2.27. The highest BCUT2D eigenvalue weighted by molar-refractivity contribution is 5.84. The molecule has 0 atom stereocenters. The number of aromatic nitrogens is 4. The van der Waals surface area contributed by atoms with E-state index in [1.165, 1.54) is 25.7 Å². The van der Waals surface area contributed by atoms with Crippen LogP contribution in [0.5, 0.6) is 0 Å². The number of fused-ring (bicyclic) bond motifs is 1. The number of hydrogen-bond donors (Lipinski definition) is 3. The van der Waals surface area contributed by atoms with Crippen LogP contribution in [0.4, 0.5) is 11.8 Å². The summed E-state index contributed by atoms with van der Waals surface area (Å²) in [6.07, 6.45) is 12.6. The predicted octanol–water partition coefficient (Wildman–Crippen LogP) is 4.24. The molecule has 3 aliphatic rings. The van der Waals surface area contributed by atoms with Gasteiger partial charge in [0.05, 0.1) is 12.9 Å². The van der Waals surface area contributed by atoms with E-state index >= 15 is 0 Å². The Balaban J connectivity index is 1.10. The van der Waals surface area contributed by atoms with Crippen LogP contribution >= 0.6 is 0 Å². The molecule has 2 saturated carbocycles. The maximum atomic E-state index is 12.7. The van der Waals surface area contributed by atoms with Crippen molar-refractivity contribution in [2.24, 2.45) is 5.73 Å². The van der Waals surface area contributed by atoms with Gasteiger partial charge in [0.15, 0.2) is 17.0 Å². The first-order valence-electron chi connectivity index (χ1n) is 15.0. The maximum Gasteiger partial charge on any atom is 0.248 e. The summed E-state index contributed by atoms with van der Waals surface area (Å²) in [6.45, 7) is 1.96. The minimum atomic E-state index is 0.0489. The maximum absolute atomic E-state index is 12.7. The van der Waals surface area contributed by atoms with Crippen molar-refractivity contribution in [2.75, 3.05) is 30.3 Å². The molecule has 10 nitrogen and oxygen atoms in total. The van der Waals surface area contributed by atoms with Gasteiger partial charge in [0.1, 0.15) is 6.61 Å². The Morgan fingerprint density at radius 1 is 0.925 bits per heavy atom. The second-order valence-electron chi connectivity index (χ2n) is 11.7. The van der Waals surface area contributed by atoms with Crippen molar-refractivity contribution in [3.8, 4) is 0 Å². The van der Waals surface area contributed by atoms with Crippen LogP contribution in [0.3, 0.4) is 0 Å². The molecule has 2 aliphatic carbocycles. The van der Waals surface area contributed by atoms with Crippen molar-refractivity contribution >= 4 is 28.8 Å².